The van der Waals surface area contributed by atoms with Crippen molar-refractivity contribution in [2.24, 2.45) is 0 Å². The third-order valence-corrected chi connectivity index (χ3v) is 4.60. The molecular weight excluding hydrogens is 324 g/mol. The van der Waals surface area contributed by atoms with Gasteiger partial charge in [-0.25, -0.2) is 0 Å². The molecule has 21 heavy (non-hydrogen) atoms. The van der Waals surface area contributed by atoms with Crippen LogP contribution >= 0.6 is 15.9 Å². The van der Waals surface area contributed by atoms with Crippen molar-refractivity contribution >= 4 is 26.7 Å². The second-order valence-electron chi connectivity index (χ2n) is 5.44. The molecule has 1 nitrogen and oxygen atoms in total. The number of hydrogen-bond acceptors (Lipinski definition) is 1. The zero-order valence-electron chi connectivity index (χ0n) is 12.1. The van der Waals surface area contributed by atoms with Crippen LogP contribution in [0.25, 0.3) is 10.8 Å². The first-order chi connectivity index (χ1) is 10.1. The van der Waals surface area contributed by atoms with Gasteiger partial charge in [-0.2, -0.15) is 0 Å². The molecular formula is C19H17BrO. The van der Waals surface area contributed by atoms with Crippen LogP contribution in [0.15, 0.2) is 59.1 Å². The molecule has 1 unspecified atom stereocenters. The van der Waals surface area contributed by atoms with Gasteiger partial charge in [-0.15, -0.1) is 0 Å². The minimum absolute atomic E-state index is 0.633. The summed E-state index contributed by atoms with van der Waals surface area (Å²) < 4.78 is 0.947. The van der Waals surface area contributed by atoms with Crippen molar-refractivity contribution in [1.29, 1.82) is 0 Å². The fourth-order valence-corrected chi connectivity index (χ4v) is 3.49. The molecule has 0 saturated heterocycles. The standard InChI is InChI=1S/C19H17BrO/c1-12-7-10-16(17(20)11-12)19(21)18-13(2)8-9-14-5-3-4-6-15(14)18/h3-11,19,21H,1-2H3. The number of aliphatic hydroxyl groups excluding tert-OH is 1. The lowest BCUT2D eigenvalue weighted by atomic mass is 9.92. The Labute approximate surface area is 133 Å². The fourth-order valence-electron chi connectivity index (χ4n) is 2.78. The third-order valence-electron chi connectivity index (χ3n) is 3.91. The van der Waals surface area contributed by atoms with Gasteiger partial charge in [0.15, 0.2) is 0 Å². The summed E-state index contributed by atoms with van der Waals surface area (Å²) in [5.74, 6) is 0. The second kappa shape index (κ2) is 5.63. The largest absolute Gasteiger partial charge is 0.384 e. The molecule has 0 radical (unpaired) electrons. The molecule has 3 aromatic carbocycles. The number of benzene rings is 3. The van der Waals surface area contributed by atoms with Crippen LogP contribution < -0.4 is 0 Å². The molecule has 0 bridgehead atoms. The number of fused-ring (bicyclic) bond motifs is 1. The number of aliphatic hydroxyl groups is 1. The maximum Gasteiger partial charge on any atom is 0.106 e. The van der Waals surface area contributed by atoms with E-state index in [4.69, 9.17) is 0 Å². The molecule has 1 atom stereocenters. The summed E-state index contributed by atoms with van der Waals surface area (Å²) in [5.41, 5.74) is 4.17. The highest BCUT2D eigenvalue weighted by atomic mass is 79.9. The Hall–Kier alpha value is -1.64. The van der Waals surface area contributed by atoms with Gasteiger partial charge in [-0.1, -0.05) is 64.5 Å². The first kappa shape index (κ1) is 14.3. The summed E-state index contributed by atoms with van der Waals surface area (Å²) in [6, 6.07) is 18.4. The molecule has 3 aromatic rings. The molecule has 1 N–H and O–H groups in total. The predicted molar refractivity (Wildman–Crippen MR) is 91.6 cm³/mol. The highest BCUT2D eigenvalue weighted by molar-refractivity contribution is 9.10. The maximum absolute atomic E-state index is 10.9. The first-order valence-electron chi connectivity index (χ1n) is 7.00. The van der Waals surface area contributed by atoms with Crippen LogP contribution in [0.4, 0.5) is 0 Å². The van der Waals surface area contributed by atoms with E-state index in [9.17, 15) is 5.11 Å². The van der Waals surface area contributed by atoms with Crippen molar-refractivity contribution in [3.8, 4) is 0 Å². The van der Waals surface area contributed by atoms with Crippen molar-refractivity contribution in [2.45, 2.75) is 20.0 Å². The SMILES string of the molecule is Cc1ccc(C(O)c2c(C)ccc3ccccc23)c(Br)c1. The number of halogens is 1. The molecule has 0 aromatic heterocycles. The first-order valence-corrected chi connectivity index (χ1v) is 7.79. The average molecular weight is 341 g/mol. The van der Waals surface area contributed by atoms with Crippen LogP contribution in [0.5, 0.6) is 0 Å². The van der Waals surface area contributed by atoms with E-state index in [1.54, 1.807) is 0 Å². The van der Waals surface area contributed by atoms with Gasteiger partial charge >= 0.3 is 0 Å². The Bertz CT molecular complexity index is 808. The number of hydrogen-bond donors (Lipinski definition) is 1. The molecule has 0 aliphatic heterocycles. The van der Waals surface area contributed by atoms with Gasteiger partial charge in [-0.05, 0) is 52.9 Å². The summed E-state index contributed by atoms with van der Waals surface area (Å²) in [4.78, 5) is 0. The van der Waals surface area contributed by atoms with E-state index in [1.807, 2.05) is 44.2 Å². The van der Waals surface area contributed by atoms with E-state index in [1.165, 1.54) is 5.56 Å². The van der Waals surface area contributed by atoms with Gasteiger partial charge in [0.2, 0.25) is 0 Å². The van der Waals surface area contributed by atoms with Crippen LogP contribution in [0, 0.1) is 13.8 Å². The van der Waals surface area contributed by atoms with E-state index >= 15 is 0 Å². The highest BCUT2D eigenvalue weighted by Gasteiger charge is 2.18. The third kappa shape index (κ3) is 2.61. The van der Waals surface area contributed by atoms with Gasteiger partial charge in [-0.3, -0.25) is 0 Å². The molecule has 0 aliphatic carbocycles. The van der Waals surface area contributed by atoms with Gasteiger partial charge in [0.05, 0.1) is 0 Å². The summed E-state index contributed by atoms with van der Waals surface area (Å²) in [6.45, 7) is 4.09. The molecule has 3 rings (SSSR count). The zero-order valence-corrected chi connectivity index (χ0v) is 13.7. The predicted octanol–water partition coefficient (Wildman–Crippen LogP) is 5.30. The van der Waals surface area contributed by atoms with Crippen molar-refractivity contribution < 1.29 is 5.11 Å². The van der Waals surface area contributed by atoms with Crippen LogP contribution in [0.3, 0.4) is 0 Å². The Balaban J connectivity index is 2.21. The smallest absolute Gasteiger partial charge is 0.106 e. The Morgan fingerprint density at radius 2 is 1.71 bits per heavy atom. The van der Waals surface area contributed by atoms with E-state index in [0.29, 0.717) is 0 Å². The van der Waals surface area contributed by atoms with Gasteiger partial charge in [0, 0.05) is 4.47 Å². The molecule has 106 valence electrons. The second-order valence-corrected chi connectivity index (χ2v) is 6.30. The zero-order chi connectivity index (χ0) is 15.0. The van der Waals surface area contributed by atoms with Crippen LogP contribution in [-0.4, -0.2) is 5.11 Å². The Kier molecular flexibility index (Phi) is 3.83. The van der Waals surface area contributed by atoms with Crippen LogP contribution in [0.1, 0.15) is 28.4 Å². The van der Waals surface area contributed by atoms with Crippen molar-refractivity contribution in [3.63, 3.8) is 0 Å². The lowest BCUT2D eigenvalue weighted by Crippen LogP contribution is -2.04. The number of aryl methyl sites for hydroxylation is 2. The minimum Gasteiger partial charge on any atom is -0.384 e. The van der Waals surface area contributed by atoms with E-state index in [-0.39, 0.29) is 0 Å². The Morgan fingerprint density at radius 3 is 2.48 bits per heavy atom. The monoisotopic (exact) mass is 340 g/mol. The summed E-state index contributed by atoms with van der Waals surface area (Å²) in [7, 11) is 0. The van der Waals surface area contributed by atoms with Gasteiger partial charge < -0.3 is 5.11 Å². The maximum atomic E-state index is 10.9. The summed E-state index contributed by atoms with van der Waals surface area (Å²) >= 11 is 3.57. The van der Waals surface area contributed by atoms with Crippen LogP contribution in [0.2, 0.25) is 0 Å². The van der Waals surface area contributed by atoms with Gasteiger partial charge in [0.25, 0.3) is 0 Å². The minimum atomic E-state index is -0.633. The topological polar surface area (TPSA) is 20.2 Å². The normalized spacial score (nSPS) is 12.6. The quantitative estimate of drug-likeness (QED) is 0.670. The van der Waals surface area contributed by atoms with Crippen molar-refractivity contribution in [3.05, 3.63) is 81.3 Å². The fraction of sp³-hybridized carbons (Fsp3) is 0.158. The molecule has 0 heterocycles. The van der Waals surface area contributed by atoms with Crippen LogP contribution in [-0.2, 0) is 0 Å². The lowest BCUT2D eigenvalue weighted by molar-refractivity contribution is 0.220. The Morgan fingerprint density at radius 1 is 0.952 bits per heavy atom. The molecule has 0 saturated carbocycles. The van der Waals surface area contributed by atoms with E-state index in [2.05, 4.69) is 40.2 Å². The van der Waals surface area contributed by atoms with Crippen molar-refractivity contribution in [1.82, 2.24) is 0 Å². The number of rotatable bonds is 2. The average Bonchev–Trinajstić information content (AvgIpc) is 2.46. The molecule has 0 fully saturated rings. The van der Waals surface area contributed by atoms with Crippen molar-refractivity contribution in [2.75, 3.05) is 0 Å². The van der Waals surface area contributed by atoms with Gasteiger partial charge in [0.1, 0.15) is 6.10 Å². The summed E-state index contributed by atoms with van der Waals surface area (Å²) in [6.07, 6.45) is -0.633. The molecule has 0 spiro atoms. The summed E-state index contributed by atoms with van der Waals surface area (Å²) in [5, 5.41) is 13.2. The molecule has 0 aliphatic rings. The molecule has 2 heteroatoms. The lowest BCUT2D eigenvalue weighted by Gasteiger charge is -2.18. The van der Waals surface area contributed by atoms with E-state index < -0.39 is 6.10 Å². The highest BCUT2D eigenvalue weighted by Crippen LogP contribution is 2.35. The molecule has 0 amide bonds. The van der Waals surface area contributed by atoms with E-state index in [0.717, 1.165) is 31.9 Å².